The first-order valence-electron chi connectivity index (χ1n) is 12.1. The van der Waals surface area contributed by atoms with Gasteiger partial charge in [-0.1, -0.05) is 61.9 Å². The van der Waals surface area contributed by atoms with Crippen molar-refractivity contribution in [3.8, 4) is 11.1 Å². The van der Waals surface area contributed by atoms with Crippen molar-refractivity contribution >= 4 is 18.0 Å². The van der Waals surface area contributed by atoms with Gasteiger partial charge < -0.3 is 25.6 Å². The van der Waals surface area contributed by atoms with E-state index >= 15 is 0 Å². The summed E-state index contributed by atoms with van der Waals surface area (Å²) in [5.41, 5.74) is 4.70. The molecule has 8 heteroatoms. The fourth-order valence-electron chi connectivity index (χ4n) is 4.51. The van der Waals surface area contributed by atoms with Crippen LogP contribution in [0.4, 0.5) is 4.79 Å². The number of carboxylic acids is 1. The predicted molar refractivity (Wildman–Crippen MR) is 132 cm³/mol. The van der Waals surface area contributed by atoms with Crippen LogP contribution in [0, 0.1) is 5.92 Å². The predicted octanol–water partition coefficient (Wildman–Crippen LogP) is 3.67. The van der Waals surface area contributed by atoms with E-state index in [1.807, 2.05) is 31.2 Å². The molecular weight excluding hydrogens is 448 g/mol. The molecule has 4 N–H and O–H groups in total. The number of aliphatic carboxylic acids is 1. The highest BCUT2D eigenvalue weighted by atomic mass is 16.5. The molecule has 0 heterocycles. The van der Waals surface area contributed by atoms with Gasteiger partial charge in [-0.2, -0.15) is 0 Å². The number of ether oxygens (including phenoxy) is 1. The monoisotopic (exact) mass is 482 g/mol. The standard InChI is InChI=1S/C27H34N2O6/c1-2-18(11-12-25(31)29-16-19(30)15-26(32)33)13-14-28-27(34)35-17-24-22-9-5-3-7-20(22)21-8-4-6-10-23(21)24/h3-10,18-19,24,30H,2,11-17H2,1H3,(H,28,34)(H,29,31)(H,32,33). The number of benzene rings is 2. The van der Waals surface area contributed by atoms with Gasteiger partial charge in [-0.05, 0) is 41.0 Å². The normalized spacial score (nSPS) is 13.9. The van der Waals surface area contributed by atoms with Crippen LogP contribution in [0.2, 0.25) is 0 Å². The smallest absolute Gasteiger partial charge is 0.407 e. The van der Waals surface area contributed by atoms with Gasteiger partial charge in [0.2, 0.25) is 5.91 Å². The molecule has 188 valence electrons. The fourth-order valence-corrected chi connectivity index (χ4v) is 4.51. The largest absolute Gasteiger partial charge is 0.481 e. The van der Waals surface area contributed by atoms with E-state index in [9.17, 15) is 19.5 Å². The molecule has 0 saturated heterocycles. The summed E-state index contributed by atoms with van der Waals surface area (Å²) >= 11 is 0. The van der Waals surface area contributed by atoms with Crippen molar-refractivity contribution in [2.24, 2.45) is 5.92 Å². The molecule has 8 nitrogen and oxygen atoms in total. The molecule has 2 aromatic carbocycles. The molecule has 0 bridgehead atoms. The van der Waals surface area contributed by atoms with Crippen LogP contribution >= 0.6 is 0 Å². The van der Waals surface area contributed by atoms with Gasteiger partial charge in [-0.25, -0.2) is 4.79 Å². The van der Waals surface area contributed by atoms with E-state index in [1.54, 1.807) is 0 Å². The average Bonchev–Trinajstić information content (AvgIpc) is 3.17. The Morgan fingerprint density at radius 3 is 2.20 bits per heavy atom. The number of carbonyl (C=O) groups excluding carboxylic acids is 2. The van der Waals surface area contributed by atoms with Gasteiger partial charge >= 0.3 is 12.1 Å². The highest BCUT2D eigenvalue weighted by Crippen LogP contribution is 2.44. The van der Waals surface area contributed by atoms with E-state index in [1.165, 1.54) is 22.3 Å². The second-order valence-corrected chi connectivity index (χ2v) is 8.91. The number of hydrogen-bond donors (Lipinski definition) is 4. The van der Waals surface area contributed by atoms with Crippen molar-refractivity contribution < 1.29 is 29.3 Å². The molecule has 0 fully saturated rings. The zero-order valence-corrected chi connectivity index (χ0v) is 20.0. The van der Waals surface area contributed by atoms with E-state index in [2.05, 4.69) is 34.9 Å². The summed E-state index contributed by atoms with van der Waals surface area (Å²) in [7, 11) is 0. The van der Waals surface area contributed by atoms with E-state index in [4.69, 9.17) is 9.84 Å². The van der Waals surface area contributed by atoms with Crippen molar-refractivity contribution in [3.05, 3.63) is 59.7 Å². The molecule has 0 aliphatic heterocycles. The lowest BCUT2D eigenvalue weighted by Crippen LogP contribution is -2.33. The number of alkyl carbamates (subject to hydrolysis) is 1. The molecular formula is C27H34N2O6. The first-order valence-corrected chi connectivity index (χ1v) is 12.1. The lowest BCUT2D eigenvalue weighted by molar-refractivity contribution is -0.139. The van der Waals surface area contributed by atoms with Gasteiger partial charge in [0.05, 0.1) is 12.5 Å². The average molecular weight is 483 g/mol. The Labute approximate surface area is 205 Å². The SMILES string of the molecule is CCC(CCNC(=O)OCC1c2ccccc2-c2ccccc21)CCC(=O)NCC(O)CC(=O)O. The summed E-state index contributed by atoms with van der Waals surface area (Å²) in [4.78, 5) is 34.8. The number of carboxylic acid groups (broad SMARTS) is 1. The molecule has 0 radical (unpaired) electrons. The quantitative estimate of drug-likeness (QED) is 0.345. The number of hydrogen-bond acceptors (Lipinski definition) is 5. The van der Waals surface area contributed by atoms with Crippen LogP contribution in [0.3, 0.4) is 0 Å². The number of carbonyl (C=O) groups is 3. The zero-order valence-electron chi connectivity index (χ0n) is 20.0. The molecule has 0 aromatic heterocycles. The first-order chi connectivity index (χ1) is 16.9. The maximum Gasteiger partial charge on any atom is 0.407 e. The molecule has 2 amide bonds. The maximum atomic E-state index is 12.3. The van der Waals surface area contributed by atoms with Crippen LogP contribution in [0.25, 0.3) is 11.1 Å². The highest BCUT2D eigenvalue weighted by Gasteiger charge is 2.29. The molecule has 2 aromatic rings. The van der Waals surface area contributed by atoms with Gasteiger partial charge in [-0.15, -0.1) is 0 Å². The van der Waals surface area contributed by atoms with E-state index in [0.717, 1.165) is 12.8 Å². The number of nitrogens with one attached hydrogen (secondary N) is 2. The third kappa shape index (κ3) is 7.55. The number of amides is 2. The van der Waals surface area contributed by atoms with Gasteiger partial charge in [0.1, 0.15) is 6.61 Å². The second kappa shape index (κ2) is 12.9. The second-order valence-electron chi connectivity index (χ2n) is 8.91. The van der Waals surface area contributed by atoms with Crippen LogP contribution in [-0.2, 0) is 14.3 Å². The van der Waals surface area contributed by atoms with Crippen molar-refractivity contribution in [3.63, 3.8) is 0 Å². The van der Waals surface area contributed by atoms with Crippen LogP contribution < -0.4 is 10.6 Å². The van der Waals surface area contributed by atoms with Gasteiger partial charge in [0.15, 0.2) is 0 Å². The van der Waals surface area contributed by atoms with E-state index in [-0.39, 0.29) is 37.3 Å². The summed E-state index contributed by atoms with van der Waals surface area (Å²) in [5.74, 6) is -1.07. The molecule has 2 unspecified atom stereocenters. The lowest BCUT2D eigenvalue weighted by atomic mass is 9.96. The topological polar surface area (TPSA) is 125 Å². The van der Waals surface area contributed by atoms with Crippen LogP contribution in [0.5, 0.6) is 0 Å². The molecule has 0 saturated carbocycles. The summed E-state index contributed by atoms with van der Waals surface area (Å²) in [5, 5.41) is 23.5. The van der Waals surface area contributed by atoms with Crippen molar-refractivity contribution in [1.82, 2.24) is 10.6 Å². The Balaban J connectivity index is 1.37. The van der Waals surface area contributed by atoms with Gasteiger partial charge in [-0.3, -0.25) is 9.59 Å². The lowest BCUT2D eigenvalue weighted by Gasteiger charge is -2.17. The summed E-state index contributed by atoms with van der Waals surface area (Å²) < 4.78 is 5.56. The van der Waals surface area contributed by atoms with E-state index < -0.39 is 24.6 Å². The minimum absolute atomic E-state index is 0.0177. The highest BCUT2D eigenvalue weighted by molar-refractivity contribution is 5.79. The molecule has 0 spiro atoms. The van der Waals surface area contributed by atoms with Crippen LogP contribution in [0.15, 0.2) is 48.5 Å². The molecule has 2 atom stereocenters. The van der Waals surface area contributed by atoms with Gasteiger partial charge in [0.25, 0.3) is 0 Å². The zero-order chi connectivity index (χ0) is 25.2. The third-order valence-electron chi connectivity index (χ3n) is 6.47. The van der Waals surface area contributed by atoms with Crippen LogP contribution in [-0.4, -0.2) is 54.0 Å². The third-order valence-corrected chi connectivity index (χ3v) is 6.47. The Bertz CT molecular complexity index is 979. The van der Waals surface area contributed by atoms with Crippen molar-refractivity contribution in [2.75, 3.05) is 19.7 Å². The number of fused-ring (bicyclic) bond motifs is 3. The van der Waals surface area contributed by atoms with Crippen molar-refractivity contribution in [2.45, 2.75) is 51.0 Å². The number of aliphatic hydroxyl groups is 1. The number of rotatable bonds is 13. The Kier molecular flexibility index (Phi) is 9.66. The maximum absolute atomic E-state index is 12.3. The Hall–Kier alpha value is -3.39. The summed E-state index contributed by atoms with van der Waals surface area (Å²) in [6.45, 7) is 2.68. The Morgan fingerprint density at radius 1 is 0.971 bits per heavy atom. The molecule has 35 heavy (non-hydrogen) atoms. The van der Waals surface area contributed by atoms with Crippen molar-refractivity contribution in [1.29, 1.82) is 0 Å². The Morgan fingerprint density at radius 2 is 1.60 bits per heavy atom. The minimum atomic E-state index is -1.11. The summed E-state index contributed by atoms with van der Waals surface area (Å²) in [6.07, 6.45) is 0.551. The minimum Gasteiger partial charge on any atom is -0.481 e. The number of aliphatic hydroxyl groups excluding tert-OH is 1. The van der Waals surface area contributed by atoms with Crippen LogP contribution in [0.1, 0.15) is 56.1 Å². The fraction of sp³-hybridized carbons (Fsp3) is 0.444. The molecule has 1 aliphatic rings. The molecule has 1 aliphatic carbocycles. The first kappa shape index (κ1) is 26.2. The molecule has 3 rings (SSSR count). The summed E-state index contributed by atoms with van der Waals surface area (Å²) in [6, 6.07) is 16.4. The van der Waals surface area contributed by atoms with E-state index in [0.29, 0.717) is 13.0 Å². The van der Waals surface area contributed by atoms with Gasteiger partial charge in [0, 0.05) is 25.4 Å².